The van der Waals surface area contributed by atoms with Gasteiger partial charge in [0.15, 0.2) is 0 Å². The molecule has 0 aliphatic rings. The van der Waals surface area contributed by atoms with Crippen LogP contribution in [0.5, 0.6) is 0 Å². The average molecular weight is 216 g/mol. The maximum Gasteiger partial charge on any atom is 0.258 e. The van der Waals surface area contributed by atoms with Crippen molar-refractivity contribution < 1.29 is 4.79 Å². The number of aromatic nitrogens is 2. The number of nitrogens with two attached hydrogens (primary N) is 1. The minimum absolute atomic E-state index is 0.211. The van der Waals surface area contributed by atoms with Crippen molar-refractivity contribution in [3.8, 4) is 0 Å². The fourth-order valence-corrected chi connectivity index (χ4v) is 1.30. The first-order chi connectivity index (χ1) is 7.66. The number of anilines is 2. The number of H-pyrrole nitrogens is 1. The monoisotopic (exact) mass is 216 g/mol. The van der Waals surface area contributed by atoms with Crippen molar-refractivity contribution in [2.45, 2.75) is 6.92 Å². The number of hydrogen-bond donors (Lipinski definition) is 3. The van der Waals surface area contributed by atoms with E-state index in [0.29, 0.717) is 16.9 Å². The highest BCUT2D eigenvalue weighted by Crippen LogP contribution is 2.17. The molecule has 0 aliphatic carbocycles. The molecule has 2 aromatic rings. The smallest absolute Gasteiger partial charge is 0.258 e. The second-order valence-electron chi connectivity index (χ2n) is 3.51. The lowest BCUT2D eigenvalue weighted by atomic mass is 10.2. The van der Waals surface area contributed by atoms with E-state index in [1.807, 2.05) is 19.1 Å². The number of nitrogens with zero attached hydrogens (tertiary/aromatic N) is 1. The molecule has 4 N–H and O–H groups in total. The summed E-state index contributed by atoms with van der Waals surface area (Å²) in [5.41, 5.74) is 8.55. The summed E-state index contributed by atoms with van der Waals surface area (Å²) < 4.78 is 0. The highest BCUT2D eigenvalue weighted by atomic mass is 16.1. The van der Waals surface area contributed by atoms with Crippen molar-refractivity contribution in [1.29, 1.82) is 0 Å². The van der Waals surface area contributed by atoms with Crippen molar-refractivity contribution >= 4 is 17.3 Å². The molecular formula is C11H12N4O. The minimum Gasteiger partial charge on any atom is -0.398 e. The fourth-order valence-electron chi connectivity index (χ4n) is 1.30. The molecule has 0 aliphatic heterocycles. The van der Waals surface area contributed by atoms with Crippen molar-refractivity contribution in [2.75, 3.05) is 11.1 Å². The summed E-state index contributed by atoms with van der Waals surface area (Å²) in [5, 5.41) is 9.02. The largest absolute Gasteiger partial charge is 0.398 e. The van der Waals surface area contributed by atoms with Gasteiger partial charge in [-0.15, -0.1) is 0 Å². The predicted octanol–water partition coefficient (Wildman–Crippen LogP) is 1.55. The van der Waals surface area contributed by atoms with E-state index in [4.69, 9.17) is 5.73 Å². The van der Waals surface area contributed by atoms with Crippen LogP contribution in [0, 0.1) is 6.92 Å². The van der Waals surface area contributed by atoms with Crippen LogP contribution in [0.1, 0.15) is 15.9 Å². The zero-order chi connectivity index (χ0) is 11.5. The number of amides is 1. The Morgan fingerprint density at radius 3 is 2.94 bits per heavy atom. The van der Waals surface area contributed by atoms with Crippen LogP contribution in [-0.4, -0.2) is 16.1 Å². The fraction of sp³-hybridized carbons (Fsp3) is 0.0909. The van der Waals surface area contributed by atoms with Crippen LogP contribution < -0.4 is 11.1 Å². The predicted molar refractivity (Wildman–Crippen MR) is 62.1 cm³/mol. The molecule has 0 atom stereocenters. The van der Waals surface area contributed by atoms with E-state index < -0.39 is 0 Å². The van der Waals surface area contributed by atoms with E-state index >= 15 is 0 Å². The molecule has 5 heteroatoms. The first-order valence-corrected chi connectivity index (χ1v) is 4.83. The molecule has 0 fully saturated rings. The van der Waals surface area contributed by atoms with Crippen molar-refractivity contribution in [2.24, 2.45) is 0 Å². The molecule has 1 aromatic carbocycles. The summed E-state index contributed by atoms with van der Waals surface area (Å²) >= 11 is 0. The number of nitrogens with one attached hydrogen (secondary N) is 2. The number of benzene rings is 1. The molecular weight excluding hydrogens is 204 g/mol. The lowest BCUT2D eigenvalue weighted by molar-refractivity contribution is 0.102. The molecule has 0 spiro atoms. The molecule has 0 bridgehead atoms. The summed E-state index contributed by atoms with van der Waals surface area (Å²) in [7, 11) is 0. The van der Waals surface area contributed by atoms with Gasteiger partial charge in [0.2, 0.25) is 0 Å². The van der Waals surface area contributed by atoms with Gasteiger partial charge in [-0.05, 0) is 24.6 Å². The molecule has 0 radical (unpaired) electrons. The molecule has 0 saturated carbocycles. The number of rotatable bonds is 2. The average Bonchev–Trinajstić information content (AvgIpc) is 2.77. The van der Waals surface area contributed by atoms with Crippen LogP contribution in [0.25, 0.3) is 0 Å². The highest BCUT2D eigenvalue weighted by Gasteiger charge is 2.07. The van der Waals surface area contributed by atoms with Gasteiger partial charge in [-0.2, -0.15) is 5.10 Å². The summed E-state index contributed by atoms with van der Waals surface area (Å²) in [6, 6.07) is 5.40. The maximum absolute atomic E-state index is 11.7. The van der Waals surface area contributed by atoms with Gasteiger partial charge in [0.25, 0.3) is 5.91 Å². The highest BCUT2D eigenvalue weighted by molar-refractivity contribution is 6.04. The molecule has 2 rings (SSSR count). The lowest BCUT2D eigenvalue weighted by Gasteiger charge is -2.06. The molecule has 0 saturated heterocycles. The molecule has 0 unspecified atom stereocenters. The Bertz CT molecular complexity index is 505. The third kappa shape index (κ3) is 2.03. The number of carbonyl (C=O) groups excluding carboxylic acids is 1. The van der Waals surface area contributed by atoms with Gasteiger partial charge >= 0.3 is 0 Å². The normalized spacial score (nSPS) is 10.1. The zero-order valence-electron chi connectivity index (χ0n) is 8.82. The van der Waals surface area contributed by atoms with E-state index in [-0.39, 0.29) is 5.91 Å². The Balaban J connectivity index is 2.15. The van der Waals surface area contributed by atoms with Gasteiger partial charge in [0, 0.05) is 17.6 Å². The molecule has 1 amide bonds. The number of hydrogen-bond acceptors (Lipinski definition) is 3. The van der Waals surface area contributed by atoms with Gasteiger partial charge in [-0.1, -0.05) is 6.07 Å². The van der Waals surface area contributed by atoms with E-state index in [1.165, 1.54) is 12.4 Å². The summed E-state index contributed by atoms with van der Waals surface area (Å²) in [6.07, 6.45) is 3.00. The standard InChI is InChI=1S/C11H12N4O/c1-7-2-3-9(4-10(7)12)15-11(16)8-5-13-14-6-8/h2-6H,12H2,1H3,(H,13,14)(H,15,16). The number of nitrogen functional groups attached to an aromatic ring is 1. The summed E-state index contributed by atoms with van der Waals surface area (Å²) in [5.74, 6) is -0.211. The van der Waals surface area contributed by atoms with Crippen LogP contribution in [-0.2, 0) is 0 Å². The van der Waals surface area contributed by atoms with Crippen molar-refractivity contribution in [1.82, 2.24) is 10.2 Å². The quantitative estimate of drug-likeness (QED) is 0.666. The Hall–Kier alpha value is -2.30. The topological polar surface area (TPSA) is 83.8 Å². The van der Waals surface area contributed by atoms with Crippen LogP contribution in [0.4, 0.5) is 11.4 Å². The number of aryl methyl sites for hydroxylation is 1. The number of carbonyl (C=O) groups is 1. The molecule has 1 heterocycles. The van der Waals surface area contributed by atoms with E-state index in [0.717, 1.165) is 5.56 Å². The second kappa shape index (κ2) is 4.06. The third-order valence-electron chi connectivity index (χ3n) is 2.30. The minimum atomic E-state index is -0.211. The first-order valence-electron chi connectivity index (χ1n) is 4.83. The van der Waals surface area contributed by atoms with Gasteiger partial charge in [0.05, 0.1) is 11.8 Å². The van der Waals surface area contributed by atoms with E-state index in [1.54, 1.807) is 6.07 Å². The van der Waals surface area contributed by atoms with Crippen molar-refractivity contribution in [3.05, 3.63) is 41.7 Å². The number of aromatic amines is 1. The van der Waals surface area contributed by atoms with Crippen LogP contribution in [0.15, 0.2) is 30.6 Å². The Labute approximate surface area is 92.7 Å². The van der Waals surface area contributed by atoms with Gasteiger partial charge in [-0.25, -0.2) is 0 Å². The molecule has 5 nitrogen and oxygen atoms in total. The maximum atomic E-state index is 11.7. The van der Waals surface area contributed by atoms with E-state index in [9.17, 15) is 4.79 Å². The molecule has 16 heavy (non-hydrogen) atoms. The van der Waals surface area contributed by atoms with Crippen LogP contribution >= 0.6 is 0 Å². The Kier molecular flexibility index (Phi) is 2.59. The Morgan fingerprint density at radius 1 is 1.50 bits per heavy atom. The first kappa shape index (κ1) is 10.2. The van der Waals surface area contributed by atoms with Gasteiger partial charge in [-0.3, -0.25) is 9.89 Å². The zero-order valence-corrected chi connectivity index (χ0v) is 8.82. The summed E-state index contributed by atoms with van der Waals surface area (Å²) in [6.45, 7) is 1.91. The Morgan fingerprint density at radius 2 is 2.31 bits per heavy atom. The van der Waals surface area contributed by atoms with Gasteiger partial charge < -0.3 is 11.1 Å². The SMILES string of the molecule is Cc1ccc(NC(=O)c2cn[nH]c2)cc1N. The second-order valence-corrected chi connectivity index (χ2v) is 3.51. The summed E-state index contributed by atoms with van der Waals surface area (Å²) in [4.78, 5) is 11.7. The lowest BCUT2D eigenvalue weighted by Crippen LogP contribution is -2.11. The van der Waals surface area contributed by atoms with Crippen LogP contribution in [0.3, 0.4) is 0 Å². The van der Waals surface area contributed by atoms with Gasteiger partial charge in [0.1, 0.15) is 0 Å². The molecule has 1 aromatic heterocycles. The third-order valence-corrected chi connectivity index (χ3v) is 2.30. The molecule has 82 valence electrons. The van der Waals surface area contributed by atoms with Crippen LogP contribution in [0.2, 0.25) is 0 Å². The van der Waals surface area contributed by atoms with E-state index in [2.05, 4.69) is 15.5 Å². The van der Waals surface area contributed by atoms with Crippen molar-refractivity contribution in [3.63, 3.8) is 0 Å².